The molecular formula is C22H19F15O7. The minimum atomic E-state index is -7.12. The molecule has 0 aliphatic heterocycles. The van der Waals surface area contributed by atoms with Gasteiger partial charge in [-0.25, -0.2) is 39.5 Å². The molecule has 0 saturated carbocycles. The molecule has 0 spiro atoms. The van der Waals surface area contributed by atoms with Gasteiger partial charge in [-0.2, -0.15) is 31.2 Å². The minimum absolute atomic E-state index is 0.446. The molecule has 0 saturated heterocycles. The molecule has 0 heterocycles. The molecule has 44 heavy (non-hydrogen) atoms. The summed E-state index contributed by atoms with van der Waals surface area (Å²) in [4.78, 5) is 8.74. The lowest BCUT2D eigenvalue weighted by molar-refractivity contribution is -0.508. The number of aliphatic hydroxyl groups excluding tert-OH is 1. The van der Waals surface area contributed by atoms with Gasteiger partial charge in [0.15, 0.2) is 29.4 Å². The standard InChI is InChI=1S/C22H19F15O7/c1-2-42-44-43-11(10-40-7-4-38)9-39-5-3-6-41-20(32,21(33,34)22(35,36)37)19(31)18(30)17(29)16(28)15(27)14(26)13(25)12(24)8-23/h2,4,7,11,38H,1,3,5-6,8-10H2/b7-4-,13-12+,15-14+,17-16+,19-18+. The summed E-state index contributed by atoms with van der Waals surface area (Å²) in [6.07, 6.45) is -7.34. The van der Waals surface area contributed by atoms with Gasteiger partial charge < -0.3 is 24.2 Å². The first-order valence-electron chi connectivity index (χ1n) is 11.0. The normalized spacial score (nSPS) is 17.2. The molecule has 22 heteroatoms. The molecule has 0 rings (SSSR count). The molecule has 0 fully saturated rings. The number of alkyl halides is 7. The molecule has 0 aliphatic carbocycles. The van der Waals surface area contributed by atoms with Crippen molar-refractivity contribution in [3.05, 3.63) is 72.0 Å². The molecule has 2 atom stereocenters. The van der Waals surface area contributed by atoms with E-state index in [4.69, 9.17) is 14.6 Å². The number of hydrogen-bond donors (Lipinski definition) is 1. The van der Waals surface area contributed by atoms with Crippen molar-refractivity contribution < 1.29 is 100.0 Å². The molecule has 254 valence electrons. The summed E-state index contributed by atoms with van der Waals surface area (Å²) in [5.74, 6) is -42.2. The maximum atomic E-state index is 14.8. The third-order valence-corrected chi connectivity index (χ3v) is 4.31. The summed E-state index contributed by atoms with van der Waals surface area (Å²) in [5, 5.41) is 12.6. The maximum absolute atomic E-state index is 14.8. The van der Waals surface area contributed by atoms with E-state index in [-0.39, 0.29) is 0 Å². The fraction of sp³-hybridized carbons (Fsp3) is 0.455. The van der Waals surface area contributed by atoms with Crippen LogP contribution in [-0.2, 0) is 29.0 Å². The molecule has 0 bridgehead atoms. The third kappa shape index (κ3) is 11.0. The lowest BCUT2D eigenvalue weighted by Crippen LogP contribution is -2.56. The summed E-state index contributed by atoms with van der Waals surface area (Å²) >= 11 is 0. The second-order valence-electron chi connectivity index (χ2n) is 7.35. The number of rotatable bonds is 20. The molecule has 1 N–H and O–H groups in total. The fourth-order valence-corrected chi connectivity index (χ4v) is 2.28. The highest BCUT2D eigenvalue weighted by Gasteiger charge is 2.75. The van der Waals surface area contributed by atoms with Crippen LogP contribution in [0.4, 0.5) is 65.9 Å². The van der Waals surface area contributed by atoms with Gasteiger partial charge in [0.25, 0.3) is 0 Å². The summed E-state index contributed by atoms with van der Waals surface area (Å²) in [7, 11) is 0. The molecular weight excluding hydrogens is 661 g/mol. The van der Waals surface area contributed by atoms with Crippen LogP contribution in [0.3, 0.4) is 0 Å². The van der Waals surface area contributed by atoms with Crippen LogP contribution in [0.15, 0.2) is 72.0 Å². The zero-order valence-electron chi connectivity index (χ0n) is 21.3. The summed E-state index contributed by atoms with van der Waals surface area (Å²) in [5.41, 5.74) is 0. The van der Waals surface area contributed by atoms with E-state index in [0.29, 0.717) is 6.26 Å². The van der Waals surface area contributed by atoms with Gasteiger partial charge in [-0.05, 0) is 11.5 Å². The summed E-state index contributed by atoms with van der Waals surface area (Å²) in [6.45, 7) is -2.92. The largest absolute Gasteiger partial charge is 0.512 e. The van der Waals surface area contributed by atoms with Crippen molar-refractivity contribution in [2.45, 2.75) is 30.5 Å². The van der Waals surface area contributed by atoms with E-state index >= 15 is 0 Å². The molecule has 0 aromatic heterocycles. The Morgan fingerprint density at radius 2 is 1.32 bits per heavy atom. The molecule has 0 aromatic carbocycles. The van der Waals surface area contributed by atoms with E-state index < -0.39 is 110 Å². The van der Waals surface area contributed by atoms with Crippen molar-refractivity contribution >= 4 is 0 Å². The number of ether oxygens (including phenoxy) is 3. The van der Waals surface area contributed by atoms with Gasteiger partial charge in [0.1, 0.15) is 32.1 Å². The third-order valence-electron chi connectivity index (χ3n) is 4.31. The smallest absolute Gasteiger partial charge is 0.460 e. The van der Waals surface area contributed by atoms with Gasteiger partial charge in [-0.15, -0.1) is 0 Å². The Hall–Kier alpha value is -3.37. The van der Waals surface area contributed by atoms with Crippen LogP contribution in [0.25, 0.3) is 0 Å². The van der Waals surface area contributed by atoms with Crippen LogP contribution in [0, 0.1) is 0 Å². The Balaban J connectivity index is 6.08. The van der Waals surface area contributed by atoms with Gasteiger partial charge >= 0.3 is 18.0 Å². The second-order valence-corrected chi connectivity index (χ2v) is 7.35. The SMILES string of the molecule is C=COOOC(CO/C=C\O)COCCCOC(F)(/C(F)=C(F)/C(F)=C(F)/C(F)=C(F)/C(F)=C(\F)CF)C(F)(F)C(F)(F)F. The number of hydrogen-bond acceptors (Lipinski definition) is 7. The van der Waals surface area contributed by atoms with Crippen LogP contribution in [0.1, 0.15) is 6.42 Å². The van der Waals surface area contributed by atoms with Crippen molar-refractivity contribution in [1.29, 1.82) is 0 Å². The highest BCUT2D eigenvalue weighted by molar-refractivity contribution is 5.39. The van der Waals surface area contributed by atoms with Gasteiger partial charge in [0, 0.05) is 6.61 Å². The predicted octanol–water partition coefficient (Wildman–Crippen LogP) is 8.28. The molecule has 0 amide bonds. The van der Waals surface area contributed by atoms with Crippen LogP contribution in [0.5, 0.6) is 0 Å². The van der Waals surface area contributed by atoms with Crippen molar-refractivity contribution in [2.75, 3.05) is 33.1 Å². The quantitative estimate of drug-likeness (QED) is 0.0347. The van der Waals surface area contributed by atoms with E-state index in [1.807, 2.05) is 0 Å². The van der Waals surface area contributed by atoms with E-state index in [0.717, 1.165) is 12.5 Å². The highest BCUT2D eigenvalue weighted by atomic mass is 19.4. The Morgan fingerprint density at radius 1 is 0.773 bits per heavy atom. The van der Waals surface area contributed by atoms with Crippen LogP contribution < -0.4 is 0 Å². The van der Waals surface area contributed by atoms with E-state index in [1.54, 1.807) is 0 Å². The zero-order chi connectivity index (χ0) is 34.3. The monoisotopic (exact) mass is 680 g/mol. The Bertz CT molecular complexity index is 1100. The van der Waals surface area contributed by atoms with Crippen LogP contribution in [0.2, 0.25) is 0 Å². The highest BCUT2D eigenvalue weighted by Crippen LogP contribution is 2.51. The lowest BCUT2D eigenvalue weighted by atomic mass is 10.1. The molecule has 0 radical (unpaired) electrons. The molecule has 0 aliphatic rings. The van der Waals surface area contributed by atoms with Crippen molar-refractivity contribution in [3.8, 4) is 0 Å². The average Bonchev–Trinajstić information content (AvgIpc) is 2.98. The first kappa shape index (κ1) is 40.6. The Kier molecular flexibility index (Phi) is 17.0. The number of halogens is 15. The molecule has 0 aromatic rings. The lowest BCUT2D eigenvalue weighted by Gasteiger charge is -2.33. The van der Waals surface area contributed by atoms with Gasteiger partial charge in [-0.3, -0.25) is 0 Å². The van der Waals surface area contributed by atoms with E-state index in [9.17, 15) is 65.9 Å². The Morgan fingerprint density at radius 3 is 1.82 bits per heavy atom. The van der Waals surface area contributed by atoms with Crippen molar-refractivity contribution in [1.82, 2.24) is 0 Å². The zero-order valence-corrected chi connectivity index (χ0v) is 21.3. The summed E-state index contributed by atoms with van der Waals surface area (Å²) < 4.78 is 214. The first-order chi connectivity index (χ1) is 20.3. The minimum Gasteiger partial charge on any atom is -0.512 e. The van der Waals surface area contributed by atoms with Gasteiger partial charge in [0.05, 0.1) is 13.2 Å². The van der Waals surface area contributed by atoms with Crippen LogP contribution in [-0.4, -0.2) is 62.3 Å². The average molecular weight is 680 g/mol. The fourth-order valence-electron chi connectivity index (χ4n) is 2.28. The molecule has 7 nitrogen and oxygen atoms in total. The van der Waals surface area contributed by atoms with Crippen molar-refractivity contribution in [2.24, 2.45) is 0 Å². The van der Waals surface area contributed by atoms with Gasteiger partial charge in [0.2, 0.25) is 23.3 Å². The van der Waals surface area contributed by atoms with Gasteiger partial charge in [-0.1, -0.05) is 6.58 Å². The van der Waals surface area contributed by atoms with Crippen molar-refractivity contribution in [3.63, 3.8) is 0 Å². The maximum Gasteiger partial charge on any atom is 0.460 e. The predicted molar refractivity (Wildman–Crippen MR) is 114 cm³/mol. The first-order valence-corrected chi connectivity index (χ1v) is 11.0. The Labute approximate surface area is 236 Å². The summed E-state index contributed by atoms with van der Waals surface area (Å²) in [6, 6.07) is 0. The number of aliphatic hydroxyl groups is 1. The topological polar surface area (TPSA) is 75.6 Å². The van der Waals surface area contributed by atoms with Crippen LogP contribution >= 0.6 is 0 Å². The molecule has 2 unspecified atom stereocenters. The number of allylic oxidation sites excluding steroid dienone is 7. The second kappa shape index (κ2) is 18.4. The van der Waals surface area contributed by atoms with E-state index in [2.05, 4.69) is 26.1 Å². The van der Waals surface area contributed by atoms with E-state index in [1.165, 1.54) is 0 Å².